The molecule has 1 spiro atoms. The van der Waals surface area contributed by atoms with Crippen LogP contribution in [0.1, 0.15) is 12.0 Å². The predicted molar refractivity (Wildman–Crippen MR) is 76.0 cm³/mol. The van der Waals surface area contributed by atoms with Gasteiger partial charge in [0.25, 0.3) is 0 Å². The van der Waals surface area contributed by atoms with Crippen LogP contribution in [0.15, 0.2) is 18.2 Å². The molecule has 6 heteroatoms. The van der Waals surface area contributed by atoms with Gasteiger partial charge in [0.05, 0.1) is 20.6 Å². The van der Waals surface area contributed by atoms with Crippen LogP contribution in [0, 0.1) is 0 Å². The van der Waals surface area contributed by atoms with Gasteiger partial charge in [-0.15, -0.1) is 0 Å². The number of amides is 1. The quantitative estimate of drug-likeness (QED) is 0.830. The zero-order chi connectivity index (χ0) is 15.0. The third kappa shape index (κ3) is 2.56. The van der Waals surface area contributed by atoms with E-state index in [4.69, 9.17) is 14.3 Å². The lowest BCUT2D eigenvalue weighted by molar-refractivity contribution is -0.228. The smallest absolute Gasteiger partial charge is 0.248 e. The average molecular weight is 292 g/mol. The highest BCUT2D eigenvalue weighted by atomic mass is 16.7. The van der Waals surface area contributed by atoms with E-state index in [1.165, 1.54) is 5.06 Å². The van der Waals surface area contributed by atoms with Crippen LogP contribution in [-0.4, -0.2) is 55.8 Å². The van der Waals surface area contributed by atoms with Crippen molar-refractivity contribution in [3.63, 3.8) is 0 Å². The van der Waals surface area contributed by atoms with Crippen molar-refractivity contribution in [2.45, 2.75) is 18.6 Å². The minimum absolute atomic E-state index is 0.0525. The lowest BCUT2D eigenvalue weighted by atomic mass is 9.90. The molecule has 0 bridgehead atoms. The molecule has 2 heterocycles. The zero-order valence-corrected chi connectivity index (χ0v) is 12.6. The summed E-state index contributed by atoms with van der Waals surface area (Å²) in [6, 6.07) is 5.82. The summed E-state index contributed by atoms with van der Waals surface area (Å²) < 4.78 is 10.6. The molecule has 0 N–H and O–H groups in total. The number of benzene rings is 1. The summed E-state index contributed by atoms with van der Waals surface area (Å²) in [5.74, 6) is 1.65. The third-order valence-electron chi connectivity index (χ3n) is 4.07. The maximum Gasteiger partial charge on any atom is 0.248 e. The summed E-state index contributed by atoms with van der Waals surface area (Å²) in [7, 11) is 4.97. The number of nitrogens with zero attached hydrogens (tertiary/aromatic N) is 2. The van der Waals surface area contributed by atoms with Crippen molar-refractivity contribution < 1.29 is 19.1 Å². The lowest BCUT2D eigenvalue weighted by Crippen LogP contribution is -2.61. The Bertz CT molecular complexity index is 555. The van der Waals surface area contributed by atoms with Gasteiger partial charge in [0.15, 0.2) is 0 Å². The predicted octanol–water partition coefficient (Wildman–Crippen LogP) is 1.05. The first-order valence-electron chi connectivity index (χ1n) is 6.94. The standard InChI is InChI=1S/C15H20N2O4/c1-16-14(18)7-15(21-16)9-17(10-15)8-11-4-5-12(19-2)6-13(11)20-3/h4-6H,7-10H2,1-3H3. The first-order valence-corrected chi connectivity index (χ1v) is 6.94. The first-order chi connectivity index (χ1) is 10.0. The van der Waals surface area contributed by atoms with E-state index in [0.29, 0.717) is 6.42 Å². The van der Waals surface area contributed by atoms with Crippen LogP contribution in [0.25, 0.3) is 0 Å². The molecule has 2 saturated heterocycles. The molecule has 0 aliphatic carbocycles. The molecule has 114 valence electrons. The summed E-state index contributed by atoms with van der Waals surface area (Å²) >= 11 is 0. The van der Waals surface area contributed by atoms with Crippen LogP contribution in [0.4, 0.5) is 0 Å². The second-order valence-electron chi connectivity index (χ2n) is 5.67. The molecule has 0 radical (unpaired) electrons. The van der Waals surface area contributed by atoms with Crippen molar-refractivity contribution in [3.8, 4) is 11.5 Å². The van der Waals surface area contributed by atoms with E-state index in [9.17, 15) is 4.79 Å². The molecule has 2 aliphatic heterocycles. The lowest BCUT2D eigenvalue weighted by Gasteiger charge is -2.45. The molecule has 0 aromatic heterocycles. The largest absolute Gasteiger partial charge is 0.497 e. The highest BCUT2D eigenvalue weighted by Crippen LogP contribution is 2.37. The van der Waals surface area contributed by atoms with Crippen molar-refractivity contribution >= 4 is 5.91 Å². The number of hydrogen-bond acceptors (Lipinski definition) is 5. The monoisotopic (exact) mass is 292 g/mol. The fourth-order valence-corrected chi connectivity index (χ4v) is 3.03. The summed E-state index contributed by atoms with van der Waals surface area (Å²) in [6.45, 7) is 2.30. The number of carbonyl (C=O) groups is 1. The van der Waals surface area contributed by atoms with Gasteiger partial charge >= 0.3 is 0 Å². The van der Waals surface area contributed by atoms with Gasteiger partial charge in [-0.3, -0.25) is 14.5 Å². The maximum absolute atomic E-state index is 11.6. The number of hydroxylamine groups is 2. The molecule has 21 heavy (non-hydrogen) atoms. The van der Waals surface area contributed by atoms with E-state index in [0.717, 1.165) is 36.7 Å². The Labute approximate surface area is 124 Å². The van der Waals surface area contributed by atoms with Crippen LogP contribution in [0.3, 0.4) is 0 Å². The van der Waals surface area contributed by atoms with Crippen molar-refractivity contribution in [1.29, 1.82) is 0 Å². The van der Waals surface area contributed by atoms with Crippen LogP contribution in [0.2, 0.25) is 0 Å². The van der Waals surface area contributed by atoms with Gasteiger partial charge in [-0.2, -0.15) is 0 Å². The Morgan fingerprint density at radius 2 is 2.05 bits per heavy atom. The van der Waals surface area contributed by atoms with Crippen LogP contribution >= 0.6 is 0 Å². The SMILES string of the molecule is COc1ccc(CN2CC3(CC(=O)N(C)O3)C2)c(OC)c1. The highest BCUT2D eigenvalue weighted by molar-refractivity contribution is 5.78. The molecule has 1 aromatic rings. The van der Waals surface area contributed by atoms with Crippen molar-refractivity contribution in [3.05, 3.63) is 23.8 Å². The van der Waals surface area contributed by atoms with Gasteiger partial charge in [-0.05, 0) is 6.07 Å². The van der Waals surface area contributed by atoms with Gasteiger partial charge in [0, 0.05) is 38.3 Å². The maximum atomic E-state index is 11.6. The summed E-state index contributed by atoms with van der Waals surface area (Å²) in [5, 5.41) is 1.35. The van der Waals surface area contributed by atoms with E-state index < -0.39 is 0 Å². The van der Waals surface area contributed by atoms with Crippen molar-refractivity contribution in [2.24, 2.45) is 0 Å². The van der Waals surface area contributed by atoms with E-state index in [2.05, 4.69) is 4.90 Å². The molecule has 3 rings (SSSR count). The fraction of sp³-hybridized carbons (Fsp3) is 0.533. The molecule has 0 saturated carbocycles. The number of likely N-dealkylation sites (tertiary alicyclic amines) is 1. The van der Waals surface area contributed by atoms with E-state index in [1.807, 2.05) is 18.2 Å². The van der Waals surface area contributed by atoms with E-state index in [-0.39, 0.29) is 11.5 Å². The Hall–Kier alpha value is -1.79. The number of carbonyl (C=O) groups excluding carboxylic acids is 1. The third-order valence-corrected chi connectivity index (χ3v) is 4.07. The number of hydrogen-bond donors (Lipinski definition) is 0. The van der Waals surface area contributed by atoms with Gasteiger partial charge < -0.3 is 9.47 Å². The summed E-state index contributed by atoms with van der Waals surface area (Å²) in [4.78, 5) is 19.5. The number of rotatable bonds is 4. The average Bonchev–Trinajstić information content (AvgIpc) is 2.74. The fourth-order valence-electron chi connectivity index (χ4n) is 3.03. The molecule has 2 fully saturated rings. The molecule has 2 aliphatic rings. The Morgan fingerprint density at radius 1 is 1.29 bits per heavy atom. The second-order valence-corrected chi connectivity index (χ2v) is 5.67. The van der Waals surface area contributed by atoms with Gasteiger partial charge in [-0.1, -0.05) is 6.07 Å². The van der Waals surface area contributed by atoms with Gasteiger partial charge in [0.2, 0.25) is 5.91 Å². The molecule has 1 amide bonds. The molecular formula is C15H20N2O4. The number of ether oxygens (including phenoxy) is 2. The van der Waals surface area contributed by atoms with E-state index >= 15 is 0 Å². The Kier molecular flexibility index (Phi) is 3.51. The molecule has 1 aromatic carbocycles. The molecule has 0 atom stereocenters. The van der Waals surface area contributed by atoms with Crippen molar-refractivity contribution in [2.75, 3.05) is 34.4 Å². The van der Waals surface area contributed by atoms with Crippen LogP contribution in [0.5, 0.6) is 11.5 Å². The van der Waals surface area contributed by atoms with Crippen LogP contribution < -0.4 is 9.47 Å². The normalized spacial score (nSPS) is 20.7. The van der Waals surface area contributed by atoms with Gasteiger partial charge in [0.1, 0.15) is 17.1 Å². The van der Waals surface area contributed by atoms with Crippen LogP contribution in [-0.2, 0) is 16.2 Å². The topological polar surface area (TPSA) is 51.2 Å². The molecule has 0 unspecified atom stereocenters. The highest BCUT2D eigenvalue weighted by Gasteiger charge is 2.52. The molecular weight excluding hydrogens is 272 g/mol. The van der Waals surface area contributed by atoms with Crippen molar-refractivity contribution in [1.82, 2.24) is 9.96 Å². The Balaban J connectivity index is 1.63. The summed E-state index contributed by atoms with van der Waals surface area (Å²) in [6.07, 6.45) is 0.472. The minimum atomic E-state index is -0.314. The summed E-state index contributed by atoms with van der Waals surface area (Å²) in [5.41, 5.74) is 0.789. The Morgan fingerprint density at radius 3 is 2.62 bits per heavy atom. The van der Waals surface area contributed by atoms with Gasteiger partial charge in [-0.25, -0.2) is 5.06 Å². The zero-order valence-electron chi connectivity index (χ0n) is 12.6. The second kappa shape index (κ2) is 5.20. The first kappa shape index (κ1) is 14.2. The van der Waals surface area contributed by atoms with E-state index in [1.54, 1.807) is 21.3 Å². The minimum Gasteiger partial charge on any atom is -0.497 e. The number of methoxy groups -OCH3 is 2. The molecule has 6 nitrogen and oxygen atoms in total.